The molecule has 0 spiro atoms. The molecule has 26 heavy (non-hydrogen) atoms. The number of carbonyl (C=O) groups excluding carboxylic acids is 2. The summed E-state index contributed by atoms with van der Waals surface area (Å²) in [5, 5.41) is 12.1. The van der Waals surface area contributed by atoms with E-state index in [0.29, 0.717) is 14.9 Å². The Balaban J connectivity index is 1.70. The highest BCUT2D eigenvalue weighted by Gasteiger charge is 2.33. The second kappa shape index (κ2) is 8.03. The van der Waals surface area contributed by atoms with Crippen molar-refractivity contribution in [3.05, 3.63) is 63.5 Å². The number of amides is 2. The Kier molecular flexibility index (Phi) is 5.75. The largest absolute Gasteiger partial charge is 0.508 e. The lowest BCUT2D eigenvalue weighted by Gasteiger charge is -2.14. The Morgan fingerprint density at radius 3 is 2.77 bits per heavy atom. The Morgan fingerprint density at radius 2 is 2.04 bits per heavy atom. The van der Waals surface area contributed by atoms with Gasteiger partial charge in [0, 0.05) is 16.2 Å². The zero-order chi connectivity index (χ0) is 18.7. The fourth-order valence-electron chi connectivity index (χ4n) is 2.31. The molecule has 1 heterocycles. The van der Waals surface area contributed by atoms with E-state index in [0.717, 1.165) is 10.0 Å². The van der Waals surface area contributed by atoms with Crippen LogP contribution in [0.1, 0.15) is 5.56 Å². The molecule has 8 heteroatoms. The van der Waals surface area contributed by atoms with Crippen molar-refractivity contribution in [3.63, 3.8) is 0 Å². The molecule has 0 unspecified atom stereocenters. The van der Waals surface area contributed by atoms with Crippen LogP contribution in [0.4, 0.5) is 5.69 Å². The van der Waals surface area contributed by atoms with Crippen molar-refractivity contribution >= 4 is 67.8 Å². The molecule has 1 saturated heterocycles. The summed E-state index contributed by atoms with van der Waals surface area (Å²) in [4.78, 5) is 26.5. The van der Waals surface area contributed by atoms with Gasteiger partial charge in [-0.25, -0.2) is 0 Å². The number of rotatable bonds is 4. The van der Waals surface area contributed by atoms with E-state index in [1.165, 1.54) is 28.8 Å². The molecule has 0 bridgehead atoms. The van der Waals surface area contributed by atoms with Crippen LogP contribution in [0.15, 0.2) is 57.9 Å². The number of anilines is 1. The van der Waals surface area contributed by atoms with Gasteiger partial charge < -0.3 is 10.4 Å². The van der Waals surface area contributed by atoms with E-state index < -0.39 is 5.91 Å². The molecule has 3 rings (SSSR count). The SMILES string of the molecule is O=C(CN1C(=O)/C(=C\c2cccc(Br)c2)SC1=S)Nc1cccc(O)c1. The number of thiocarbonyl (C=S) groups is 1. The Labute approximate surface area is 168 Å². The van der Waals surface area contributed by atoms with Gasteiger partial charge in [-0.05, 0) is 35.9 Å². The zero-order valence-electron chi connectivity index (χ0n) is 13.3. The third kappa shape index (κ3) is 4.51. The molecule has 1 fully saturated rings. The minimum absolute atomic E-state index is 0.0466. The van der Waals surface area contributed by atoms with E-state index in [4.69, 9.17) is 12.2 Å². The van der Waals surface area contributed by atoms with Gasteiger partial charge in [0.2, 0.25) is 5.91 Å². The summed E-state index contributed by atoms with van der Waals surface area (Å²) >= 11 is 9.80. The summed E-state index contributed by atoms with van der Waals surface area (Å²) in [5.41, 5.74) is 1.31. The average molecular weight is 449 g/mol. The summed E-state index contributed by atoms with van der Waals surface area (Å²) in [5.74, 6) is -0.646. The summed E-state index contributed by atoms with van der Waals surface area (Å²) in [7, 11) is 0. The maximum Gasteiger partial charge on any atom is 0.266 e. The van der Waals surface area contributed by atoms with Crippen LogP contribution in [-0.4, -0.2) is 32.7 Å². The van der Waals surface area contributed by atoms with Crippen LogP contribution in [0.3, 0.4) is 0 Å². The summed E-state index contributed by atoms with van der Waals surface area (Å²) in [6.07, 6.45) is 1.75. The average Bonchev–Trinajstić information content (AvgIpc) is 2.82. The predicted octanol–water partition coefficient (Wildman–Crippen LogP) is 3.99. The molecule has 2 amide bonds. The van der Waals surface area contributed by atoms with Crippen LogP contribution in [0, 0.1) is 0 Å². The molecule has 5 nitrogen and oxygen atoms in total. The molecule has 1 aliphatic heterocycles. The molecular weight excluding hydrogens is 436 g/mol. The molecular formula is C18H13BrN2O3S2. The van der Waals surface area contributed by atoms with Crippen molar-refractivity contribution in [2.24, 2.45) is 0 Å². The third-order valence-electron chi connectivity index (χ3n) is 3.45. The number of phenols is 1. The monoisotopic (exact) mass is 448 g/mol. The van der Waals surface area contributed by atoms with Crippen LogP contribution in [0.5, 0.6) is 5.75 Å². The van der Waals surface area contributed by atoms with Crippen LogP contribution in [0.25, 0.3) is 6.08 Å². The van der Waals surface area contributed by atoms with Gasteiger partial charge in [0.25, 0.3) is 5.91 Å². The maximum atomic E-state index is 12.6. The van der Waals surface area contributed by atoms with Crippen molar-refractivity contribution < 1.29 is 14.7 Å². The lowest BCUT2D eigenvalue weighted by atomic mass is 10.2. The number of carbonyl (C=O) groups is 2. The number of nitrogens with zero attached hydrogens (tertiary/aromatic N) is 1. The first-order valence-electron chi connectivity index (χ1n) is 7.52. The first-order valence-corrected chi connectivity index (χ1v) is 9.54. The van der Waals surface area contributed by atoms with Crippen molar-refractivity contribution in [1.82, 2.24) is 4.90 Å². The smallest absolute Gasteiger partial charge is 0.266 e. The van der Waals surface area contributed by atoms with Crippen molar-refractivity contribution in [2.45, 2.75) is 0 Å². The van der Waals surface area contributed by atoms with Gasteiger partial charge in [-0.15, -0.1) is 0 Å². The highest BCUT2D eigenvalue weighted by atomic mass is 79.9. The van der Waals surface area contributed by atoms with Crippen molar-refractivity contribution in [1.29, 1.82) is 0 Å². The fourth-order valence-corrected chi connectivity index (χ4v) is 3.98. The van der Waals surface area contributed by atoms with E-state index in [-0.39, 0.29) is 18.2 Å². The van der Waals surface area contributed by atoms with Gasteiger partial charge in [0.15, 0.2) is 0 Å². The van der Waals surface area contributed by atoms with Crippen LogP contribution < -0.4 is 5.32 Å². The third-order valence-corrected chi connectivity index (χ3v) is 5.32. The van der Waals surface area contributed by atoms with E-state index >= 15 is 0 Å². The summed E-state index contributed by atoms with van der Waals surface area (Å²) < 4.78 is 1.24. The molecule has 0 aliphatic carbocycles. The van der Waals surface area contributed by atoms with E-state index in [2.05, 4.69) is 21.2 Å². The zero-order valence-corrected chi connectivity index (χ0v) is 16.5. The highest BCUT2D eigenvalue weighted by molar-refractivity contribution is 9.10. The Morgan fingerprint density at radius 1 is 1.27 bits per heavy atom. The first kappa shape index (κ1) is 18.6. The lowest BCUT2D eigenvalue weighted by Crippen LogP contribution is -2.36. The van der Waals surface area contributed by atoms with Crippen LogP contribution in [0.2, 0.25) is 0 Å². The first-order chi connectivity index (χ1) is 12.4. The van der Waals surface area contributed by atoms with E-state index in [9.17, 15) is 14.7 Å². The molecule has 2 aromatic rings. The number of thioether (sulfide) groups is 1. The molecule has 0 radical (unpaired) electrons. The maximum absolute atomic E-state index is 12.6. The van der Waals surface area contributed by atoms with Gasteiger partial charge in [0.1, 0.15) is 16.6 Å². The van der Waals surface area contributed by atoms with Crippen LogP contribution >= 0.6 is 39.9 Å². The van der Waals surface area contributed by atoms with Crippen LogP contribution in [-0.2, 0) is 9.59 Å². The number of benzene rings is 2. The molecule has 0 saturated carbocycles. The lowest BCUT2D eigenvalue weighted by molar-refractivity contribution is -0.126. The van der Waals surface area contributed by atoms with Gasteiger partial charge in [0.05, 0.1) is 4.91 Å². The quantitative estimate of drug-likeness (QED) is 0.546. The molecule has 2 N–H and O–H groups in total. The second-order valence-corrected chi connectivity index (χ2v) is 8.01. The predicted molar refractivity (Wildman–Crippen MR) is 111 cm³/mol. The van der Waals surface area contributed by atoms with Gasteiger partial charge >= 0.3 is 0 Å². The number of nitrogens with one attached hydrogen (secondary N) is 1. The number of aromatic hydroxyl groups is 1. The Hall–Kier alpha value is -2.16. The normalized spacial score (nSPS) is 15.6. The van der Waals surface area contributed by atoms with Crippen molar-refractivity contribution in [3.8, 4) is 5.75 Å². The number of hydrogen-bond acceptors (Lipinski definition) is 5. The topological polar surface area (TPSA) is 69.6 Å². The summed E-state index contributed by atoms with van der Waals surface area (Å²) in [6.45, 7) is -0.184. The fraction of sp³-hybridized carbons (Fsp3) is 0.0556. The van der Waals surface area contributed by atoms with E-state index in [1.807, 2.05) is 24.3 Å². The highest BCUT2D eigenvalue weighted by Crippen LogP contribution is 2.32. The molecule has 132 valence electrons. The Bertz CT molecular complexity index is 930. The second-order valence-electron chi connectivity index (χ2n) is 5.42. The van der Waals surface area contributed by atoms with E-state index in [1.54, 1.807) is 18.2 Å². The number of halogens is 1. The van der Waals surface area contributed by atoms with Gasteiger partial charge in [-0.3, -0.25) is 14.5 Å². The summed E-state index contributed by atoms with van der Waals surface area (Å²) in [6, 6.07) is 13.7. The number of phenolic OH excluding ortho intramolecular Hbond substituents is 1. The standard InChI is InChI=1S/C18H13BrN2O3S2/c19-12-4-1-3-11(7-12)8-15-17(24)21(18(25)26-15)10-16(23)20-13-5-2-6-14(22)9-13/h1-9,22H,10H2,(H,20,23)/b15-8+. The molecule has 0 aromatic heterocycles. The molecule has 1 aliphatic rings. The van der Waals surface area contributed by atoms with Gasteiger partial charge in [-0.2, -0.15) is 0 Å². The minimum atomic E-state index is -0.393. The molecule has 2 aromatic carbocycles. The minimum Gasteiger partial charge on any atom is -0.508 e. The molecule has 0 atom stereocenters. The van der Waals surface area contributed by atoms with Gasteiger partial charge in [-0.1, -0.05) is 58.1 Å². The van der Waals surface area contributed by atoms with Crippen molar-refractivity contribution in [2.75, 3.05) is 11.9 Å². The number of hydrogen-bond donors (Lipinski definition) is 2.